The van der Waals surface area contributed by atoms with Crippen LogP contribution in [0.15, 0.2) is 53.2 Å². The van der Waals surface area contributed by atoms with Crippen molar-refractivity contribution in [1.82, 2.24) is 9.88 Å². The highest BCUT2D eigenvalue weighted by Gasteiger charge is 2.31. The van der Waals surface area contributed by atoms with Crippen LogP contribution in [0, 0.1) is 12.8 Å². The molecule has 2 atom stereocenters. The molecule has 1 fully saturated rings. The lowest BCUT2D eigenvalue weighted by Crippen LogP contribution is -2.31. The number of aryl methyl sites for hydroxylation is 1. The molecule has 2 aromatic heterocycles. The fourth-order valence-electron chi connectivity index (χ4n) is 6.33. The number of phenols is 1. The summed E-state index contributed by atoms with van der Waals surface area (Å²) in [5.74, 6) is 0.260. The summed E-state index contributed by atoms with van der Waals surface area (Å²) < 4.78 is 11.2. The molecule has 4 aromatic rings. The number of rotatable bonds is 8. The van der Waals surface area contributed by atoms with Crippen molar-refractivity contribution in [3.05, 3.63) is 71.2 Å². The van der Waals surface area contributed by atoms with E-state index < -0.39 is 12.8 Å². The summed E-state index contributed by atoms with van der Waals surface area (Å²) in [6.07, 6.45) is 8.86. The molecule has 39 heavy (non-hydrogen) atoms. The van der Waals surface area contributed by atoms with Gasteiger partial charge in [-0.3, -0.25) is 4.98 Å². The number of ether oxygens (including phenoxy) is 1. The van der Waals surface area contributed by atoms with E-state index >= 15 is 0 Å². The van der Waals surface area contributed by atoms with Gasteiger partial charge in [-0.05, 0) is 89.6 Å². The van der Waals surface area contributed by atoms with Crippen molar-refractivity contribution in [3.63, 3.8) is 0 Å². The smallest absolute Gasteiger partial charge is 0.344 e. The monoisotopic (exact) mass is 530 g/mol. The van der Waals surface area contributed by atoms with Crippen LogP contribution in [0.2, 0.25) is 0 Å². The minimum atomic E-state index is -0.733. The number of esters is 1. The molecule has 1 aliphatic rings. The van der Waals surface area contributed by atoms with Crippen molar-refractivity contribution >= 4 is 27.7 Å². The number of carbonyl (C=O) groups excluding carboxylic acids is 1. The molecule has 1 aliphatic heterocycles. The molecule has 7 nitrogen and oxygen atoms in total. The molecule has 3 heterocycles. The van der Waals surface area contributed by atoms with E-state index in [0.29, 0.717) is 39.6 Å². The number of furan rings is 1. The zero-order valence-electron chi connectivity index (χ0n) is 23.0. The SMILES string of the molecule is Cc1oc2c(c1C(=O)OCO)c(C(CCC1CCCN(C(C)C)CC1)c1ccncc1)c(O)c1ccccc12. The molecule has 0 aliphatic carbocycles. The van der Waals surface area contributed by atoms with E-state index in [2.05, 4.69) is 23.7 Å². The van der Waals surface area contributed by atoms with E-state index in [9.17, 15) is 15.0 Å². The largest absolute Gasteiger partial charge is 0.507 e. The van der Waals surface area contributed by atoms with Crippen LogP contribution in [-0.2, 0) is 4.74 Å². The second kappa shape index (κ2) is 11.8. The Labute approximate surface area is 229 Å². The van der Waals surface area contributed by atoms with Gasteiger partial charge in [0.2, 0.25) is 0 Å². The average molecular weight is 531 g/mol. The summed E-state index contributed by atoms with van der Waals surface area (Å²) in [6, 6.07) is 12.1. The Morgan fingerprint density at radius 1 is 1.13 bits per heavy atom. The topological polar surface area (TPSA) is 96.0 Å². The Balaban J connectivity index is 1.64. The van der Waals surface area contributed by atoms with Gasteiger partial charge in [-0.15, -0.1) is 0 Å². The maximum Gasteiger partial charge on any atom is 0.344 e. The molecule has 0 saturated carbocycles. The molecule has 0 amide bonds. The molecule has 206 valence electrons. The predicted molar refractivity (Wildman–Crippen MR) is 152 cm³/mol. The summed E-state index contributed by atoms with van der Waals surface area (Å²) in [5.41, 5.74) is 2.47. The average Bonchev–Trinajstić information content (AvgIpc) is 3.11. The molecule has 2 aromatic carbocycles. The number of aromatic nitrogens is 1. The number of aliphatic hydroxyl groups is 1. The van der Waals surface area contributed by atoms with Gasteiger partial charge in [-0.1, -0.05) is 24.3 Å². The van der Waals surface area contributed by atoms with Crippen molar-refractivity contribution in [2.75, 3.05) is 19.9 Å². The van der Waals surface area contributed by atoms with Crippen LogP contribution in [0.25, 0.3) is 21.7 Å². The summed E-state index contributed by atoms with van der Waals surface area (Å²) in [5, 5.41) is 23.1. The number of benzene rings is 2. The van der Waals surface area contributed by atoms with Crippen molar-refractivity contribution in [1.29, 1.82) is 0 Å². The van der Waals surface area contributed by atoms with Crippen LogP contribution in [0.5, 0.6) is 5.75 Å². The molecule has 0 radical (unpaired) electrons. The first-order chi connectivity index (χ1) is 18.9. The number of fused-ring (bicyclic) bond motifs is 3. The van der Waals surface area contributed by atoms with E-state index in [0.717, 1.165) is 43.3 Å². The molecular formula is C32H38N2O5. The molecule has 0 spiro atoms. The number of carbonyl (C=O) groups is 1. The quantitative estimate of drug-likeness (QED) is 0.198. The third-order valence-electron chi connectivity index (χ3n) is 8.37. The fraction of sp³-hybridized carbons (Fsp3) is 0.438. The number of aromatic hydroxyl groups is 1. The number of nitrogens with zero attached hydrogens (tertiary/aromatic N) is 2. The Kier molecular flexibility index (Phi) is 8.19. The van der Waals surface area contributed by atoms with Crippen molar-refractivity contribution in [2.24, 2.45) is 5.92 Å². The van der Waals surface area contributed by atoms with Crippen LogP contribution < -0.4 is 0 Å². The van der Waals surface area contributed by atoms with Crippen LogP contribution >= 0.6 is 0 Å². The minimum absolute atomic E-state index is 0.144. The maximum atomic E-state index is 13.1. The molecule has 7 heteroatoms. The van der Waals surface area contributed by atoms with Gasteiger partial charge < -0.3 is 24.3 Å². The van der Waals surface area contributed by atoms with Crippen molar-refractivity contribution < 1.29 is 24.2 Å². The second-order valence-corrected chi connectivity index (χ2v) is 10.9. The molecule has 2 unspecified atom stereocenters. The van der Waals surface area contributed by atoms with Gasteiger partial charge in [0.25, 0.3) is 0 Å². The second-order valence-electron chi connectivity index (χ2n) is 10.9. The third-order valence-corrected chi connectivity index (χ3v) is 8.37. The molecule has 2 N–H and O–H groups in total. The summed E-state index contributed by atoms with van der Waals surface area (Å²) in [4.78, 5) is 19.9. The van der Waals surface area contributed by atoms with Crippen molar-refractivity contribution in [3.8, 4) is 5.75 Å². The Morgan fingerprint density at radius 2 is 1.87 bits per heavy atom. The van der Waals surface area contributed by atoms with Gasteiger partial charge in [-0.2, -0.15) is 0 Å². The highest BCUT2D eigenvalue weighted by Crippen LogP contribution is 2.48. The summed E-state index contributed by atoms with van der Waals surface area (Å²) in [6.45, 7) is 7.75. The fourth-order valence-corrected chi connectivity index (χ4v) is 6.33. The summed E-state index contributed by atoms with van der Waals surface area (Å²) in [7, 11) is 0. The lowest BCUT2D eigenvalue weighted by atomic mass is 9.80. The zero-order valence-corrected chi connectivity index (χ0v) is 23.0. The third kappa shape index (κ3) is 5.38. The first-order valence-electron chi connectivity index (χ1n) is 14.0. The van der Waals surface area contributed by atoms with E-state index in [1.165, 1.54) is 12.8 Å². The van der Waals surface area contributed by atoms with Gasteiger partial charge >= 0.3 is 5.97 Å². The van der Waals surface area contributed by atoms with Gasteiger partial charge in [0, 0.05) is 46.1 Å². The van der Waals surface area contributed by atoms with Gasteiger partial charge in [0.05, 0.1) is 0 Å². The number of likely N-dealkylation sites (tertiary alicyclic amines) is 1. The van der Waals surface area contributed by atoms with E-state index in [1.807, 2.05) is 36.4 Å². The number of phenolic OH excluding ortho intramolecular Hbond substituents is 1. The maximum absolute atomic E-state index is 13.1. The van der Waals surface area contributed by atoms with Gasteiger partial charge in [0.15, 0.2) is 6.79 Å². The zero-order chi connectivity index (χ0) is 27.5. The minimum Gasteiger partial charge on any atom is -0.507 e. The molecule has 1 saturated heterocycles. The lowest BCUT2D eigenvalue weighted by molar-refractivity contribution is 0.00685. The summed E-state index contributed by atoms with van der Waals surface area (Å²) >= 11 is 0. The van der Waals surface area contributed by atoms with E-state index in [4.69, 9.17) is 9.15 Å². The number of hydrogen-bond acceptors (Lipinski definition) is 7. The van der Waals surface area contributed by atoms with Gasteiger partial charge in [0.1, 0.15) is 22.7 Å². The van der Waals surface area contributed by atoms with E-state index in [1.54, 1.807) is 19.3 Å². The Bertz CT molecular complexity index is 1450. The van der Waals surface area contributed by atoms with Crippen molar-refractivity contribution in [2.45, 2.75) is 64.8 Å². The highest BCUT2D eigenvalue weighted by atomic mass is 16.6. The van der Waals surface area contributed by atoms with Crippen LogP contribution in [0.3, 0.4) is 0 Å². The Morgan fingerprint density at radius 3 is 2.59 bits per heavy atom. The van der Waals surface area contributed by atoms with Crippen LogP contribution in [0.1, 0.15) is 79.1 Å². The number of hydrogen-bond donors (Lipinski definition) is 2. The molecule has 5 rings (SSSR count). The first-order valence-corrected chi connectivity index (χ1v) is 14.0. The normalized spacial score (nSPS) is 17.5. The number of aliphatic hydroxyl groups excluding tert-OH is 1. The van der Waals surface area contributed by atoms with Crippen LogP contribution in [-0.4, -0.2) is 52.0 Å². The Hall–Kier alpha value is -3.42. The van der Waals surface area contributed by atoms with Gasteiger partial charge in [-0.25, -0.2) is 4.79 Å². The lowest BCUT2D eigenvalue weighted by Gasteiger charge is -2.25. The predicted octanol–water partition coefficient (Wildman–Crippen LogP) is 6.52. The highest BCUT2D eigenvalue weighted by molar-refractivity contribution is 6.16. The van der Waals surface area contributed by atoms with Crippen LogP contribution in [0.4, 0.5) is 0 Å². The molecule has 0 bridgehead atoms. The van der Waals surface area contributed by atoms with E-state index in [-0.39, 0.29) is 17.2 Å². The standard InChI is InChI=1S/C32H38N2O5/c1-20(2)34-17-6-7-22(14-18-34)10-11-24(23-12-15-33-16-13-23)28-29-27(32(37)38-19-35)21(3)39-31(29)26-9-5-4-8-25(26)30(28)36/h4-5,8-9,12-13,15-16,20,22,24,35-36H,6-7,10-11,14,17-19H2,1-3H3. The number of pyridine rings is 1. The molecular weight excluding hydrogens is 492 g/mol. The first kappa shape index (κ1) is 27.2.